The second-order valence-electron chi connectivity index (χ2n) is 5.55. The Morgan fingerprint density at radius 2 is 2.19 bits per heavy atom. The minimum Gasteiger partial charge on any atom is -0.341 e. The van der Waals surface area contributed by atoms with Crippen LogP contribution < -0.4 is 5.32 Å². The second kappa shape index (κ2) is 6.22. The predicted octanol–water partition coefficient (Wildman–Crippen LogP) is 1.99. The number of likely N-dealkylation sites (N-methyl/N-ethyl adjacent to an activating group) is 1. The molecule has 3 rings (SSSR count). The summed E-state index contributed by atoms with van der Waals surface area (Å²) in [6, 6.07) is 10.3. The number of nitrogens with zero attached hydrogens (tertiary/aromatic N) is 2. The van der Waals surface area contributed by atoms with E-state index < -0.39 is 0 Å². The molecule has 2 heterocycles. The maximum absolute atomic E-state index is 12.3. The molecule has 1 unspecified atom stereocenters. The highest BCUT2D eigenvalue weighted by atomic mass is 16.2. The number of hydrogen-bond acceptors (Lipinski definition) is 3. The lowest BCUT2D eigenvalue weighted by Gasteiger charge is -2.32. The van der Waals surface area contributed by atoms with Gasteiger partial charge in [-0.2, -0.15) is 0 Å². The number of aromatic nitrogens is 1. The Hall–Kier alpha value is -1.94. The van der Waals surface area contributed by atoms with Crippen LogP contribution >= 0.6 is 0 Å². The Bertz CT molecular complexity index is 635. The van der Waals surface area contributed by atoms with Crippen molar-refractivity contribution in [3.8, 4) is 0 Å². The van der Waals surface area contributed by atoms with Crippen LogP contribution in [0.1, 0.15) is 18.4 Å². The van der Waals surface area contributed by atoms with Gasteiger partial charge in [-0.25, -0.2) is 0 Å². The van der Waals surface area contributed by atoms with Gasteiger partial charge in [0.25, 0.3) is 0 Å². The molecule has 4 nitrogen and oxygen atoms in total. The Morgan fingerprint density at radius 3 is 3.05 bits per heavy atom. The van der Waals surface area contributed by atoms with Crippen molar-refractivity contribution in [2.24, 2.45) is 0 Å². The SMILES string of the molecule is CNC1CCCN(CCc2cccc3cccnc23)C1=O. The van der Waals surface area contributed by atoms with Crippen LogP contribution in [0, 0.1) is 0 Å². The van der Waals surface area contributed by atoms with Crippen LogP contribution in [0.3, 0.4) is 0 Å². The molecule has 0 saturated carbocycles. The third-order valence-corrected chi connectivity index (χ3v) is 4.25. The molecule has 0 radical (unpaired) electrons. The van der Waals surface area contributed by atoms with E-state index in [0.717, 1.165) is 43.3 Å². The van der Waals surface area contributed by atoms with E-state index in [4.69, 9.17) is 0 Å². The third-order valence-electron chi connectivity index (χ3n) is 4.25. The summed E-state index contributed by atoms with van der Waals surface area (Å²) in [6.07, 6.45) is 4.71. The number of hydrogen-bond donors (Lipinski definition) is 1. The van der Waals surface area contributed by atoms with Gasteiger partial charge in [-0.1, -0.05) is 24.3 Å². The quantitative estimate of drug-likeness (QED) is 0.933. The first-order valence-corrected chi connectivity index (χ1v) is 7.58. The maximum atomic E-state index is 12.3. The number of amides is 1. The summed E-state index contributed by atoms with van der Waals surface area (Å²) in [4.78, 5) is 18.7. The van der Waals surface area contributed by atoms with Gasteiger partial charge in [-0.05, 0) is 37.9 Å². The van der Waals surface area contributed by atoms with Gasteiger partial charge in [-0.3, -0.25) is 9.78 Å². The largest absolute Gasteiger partial charge is 0.341 e. The molecule has 2 aromatic rings. The molecule has 21 heavy (non-hydrogen) atoms. The Labute approximate surface area is 125 Å². The number of likely N-dealkylation sites (tertiary alicyclic amines) is 1. The smallest absolute Gasteiger partial charge is 0.239 e. The second-order valence-corrected chi connectivity index (χ2v) is 5.55. The molecule has 0 bridgehead atoms. The molecule has 1 N–H and O–H groups in total. The molecule has 4 heteroatoms. The van der Waals surface area contributed by atoms with Gasteiger partial charge >= 0.3 is 0 Å². The van der Waals surface area contributed by atoms with Crippen molar-refractivity contribution in [2.75, 3.05) is 20.1 Å². The molecule has 0 spiro atoms. The van der Waals surface area contributed by atoms with Gasteiger partial charge in [0.15, 0.2) is 0 Å². The summed E-state index contributed by atoms with van der Waals surface area (Å²) in [5, 5.41) is 4.27. The minimum absolute atomic E-state index is 0.00982. The first-order valence-electron chi connectivity index (χ1n) is 7.58. The van der Waals surface area contributed by atoms with E-state index in [1.165, 1.54) is 5.56 Å². The highest BCUT2D eigenvalue weighted by Crippen LogP contribution is 2.18. The van der Waals surface area contributed by atoms with Crippen molar-refractivity contribution in [3.63, 3.8) is 0 Å². The molecule has 0 aliphatic carbocycles. The number of benzene rings is 1. The van der Waals surface area contributed by atoms with Crippen LogP contribution in [0.4, 0.5) is 0 Å². The zero-order valence-corrected chi connectivity index (χ0v) is 12.4. The maximum Gasteiger partial charge on any atom is 0.239 e. The lowest BCUT2D eigenvalue weighted by molar-refractivity contribution is -0.135. The van der Waals surface area contributed by atoms with Gasteiger partial charge in [0, 0.05) is 24.7 Å². The van der Waals surface area contributed by atoms with Gasteiger partial charge in [0.2, 0.25) is 5.91 Å². The average molecular weight is 283 g/mol. The van der Waals surface area contributed by atoms with E-state index in [2.05, 4.69) is 34.6 Å². The van der Waals surface area contributed by atoms with Gasteiger partial charge in [0.05, 0.1) is 11.6 Å². The molecule has 1 aliphatic heterocycles. The van der Waals surface area contributed by atoms with E-state index in [1.807, 2.05) is 24.2 Å². The number of carbonyl (C=O) groups excluding carboxylic acids is 1. The molecule has 1 atom stereocenters. The van der Waals surface area contributed by atoms with E-state index in [0.29, 0.717) is 0 Å². The zero-order chi connectivity index (χ0) is 14.7. The first-order chi connectivity index (χ1) is 10.3. The lowest BCUT2D eigenvalue weighted by Crippen LogP contribution is -2.50. The number of rotatable bonds is 4. The van der Waals surface area contributed by atoms with E-state index in [-0.39, 0.29) is 11.9 Å². The lowest BCUT2D eigenvalue weighted by atomic mass is 10.0. The highest BCUT2D eigenvalue weighted by molar-refractivity contribution is 5.83. The van der Waals surface area contributed by atoms with Crippen molar-refractivity contribution in [3.05, 3.63) is 42.1 Å². The van der Waals surface area contributed by atoms with E-state index in [1.54, 1.807) is 0 Å². The van der Waals surface area contributed by atoms with Crippen LogP contribution in [-0.2, 0) is 11.2 Å². The topological polar surface area (TPSA) is 45.2 Å². The van der Waals surface area contributed by atoms with Crippen molar-refractivity contribution < 1.29 is 4.79 Å². The van der Waals surface area contributed by atoms with Gasteiger partial charge in [-0.15, -0.1) is 0 Å². The minimum atomic E-state index is -0.00982. The van der Waals surface area contributed by atoms with Crippen LogP contribution in [0.15, 0.2) is 36.5 Å². The molecule has 1 saturated heterocycles. The fraction of sp³-hybridized carbons (Fsp3) is 0.412. The molecular formula is C17H21N3O. The number of carbonyl (C=O) groups is 1. The van der Waals surface area contributed by atoms with Crippen molar-refractivity contribution in [1.82, 2.24) is 15.2 Å². The summed E-state index contributed by atoms with van der Waals surface area (Å²) in [7, 11) is 1.86. The van der Waals surface area contributed by atoms with Crippen LogP contribution in [0.25, 0.3) is 10.9 Å². The third kappa shape index (κ3) is 2.90. The van der Waals surface area contributed by atoms with Crippen molar-refractivity contribution in [2.45, 2.75) is 25.3 Å². The summed E-state index contributed by atoms with van der Waals surface area (Å²) < 4.78 is 0. The summed E-state index contributed by atoms with van der Waals surface area (Å²) in [5.74, 6) is 0.233. The molecular weight excluding hydrogens is 262 g/mol. The van der Waals surface area contributed by atoms with E-state index in [9.17, 15) is 4.79 Å². The number of pyridine rings is 1. The first kappa shape index (κ1) is 14.0. The van der Waals surface area contributed by atoms with Crippen LogP contribution in [0.5, 0.6) is 0 Å². The Kier molecular flexibility index (Phi) is 4.15. The fourth-order valence-electron chi connectivity index (χ4n) is 3.05. The summed E-state index contributed by atoms with van der Waals surface area (Å²) >= 11 is 0. The number of para-hydroxylation sites is 1. The van der Waals surface area contributed by atoms with Crippen LogP contribution in [-0.4, -0.2) is 42.0 Å². The standard InChI is InChI=1S/C17H21N3O/c1-18-15-8-4-11-20(17(15)21)12-9-14-6-2-5-13-7-3-10-19-16(13)14/h2-3,5-7,10,15,18H,4,8-9,11-12H2,1H3. The average Bonchev–Trinajstić information content (AvgIpc) is 2.54. The van der Waals surface area contributed by atoms with Crippen LogP contribution in [0.2, 0.25) is 0 Å². The molecule has 1 aromatic carbocycles. The zero-order valence-electron chi connectivity index (χ0n) is 12.4. The van der Waals surface area contributed by atoms with Gasteiger partial charge in [0.1, 0.15) is 0 Å². The predicted molar refractivity (Wildman–Crippen MR) is 84.1 cm³/mol. The molecule has 1 aromatic heterocycles. The number of fused-ring (bicyclic) bond motifs is 1. The molecule has 110 valence electrons. The van der Waals surface area contributed by atoms with Crippen molar-refractivity contribution in [1.29, 1.82) is 0 Å². The molecule has 1 aliphatic rings. The normalized spacial score (nSPS) is 19.2. The Morgan fingerprint density at radius 1 is 1.33 bits per heavy atom. The summed E-state index contributed by atoms with van der Waals surface area (Å²) in [6.45, 7) is 1.64. The summed E-state index contributed by atoms with van der Waals surface area (Å²) in [5.41, 5.74) is 2.27. The van der Waals surface area contributed by atoms with Gasteiger partial charge < -0.3 is 10.2 Å². The number of nitrogens with one attached hydrogen (secondary N) is 1. The Balaban J connectivity index is 1.73. The molecule has 1 amide bonds. The monoisotopic (exact) mass is 283 g/mol. The molecule has 1 fully saturated rings. The van der Waals surface area contributed by atoms with E-state index >= 15 is 0 Å². The van der Waals surface area contributed by atoms with Crippen molar-refractivity contribution >= 4 is 16.8 Å². The highest BCUT2D eigenvalue weighted by Gasteiger charge is 2.26. The fourth-order valence-corrected chi connectivity index (χ4v) is 3.05. The number of piperidine rings is 1.